The average Bonchev–Trinajstić information content (AvgIpc) is 2.82. The van der Waals surface area contributed by atoms with Crippen LogP contribution in [0, 0.1) is 10.1 Å². The first-order valence-corrected chi connectivity index (χ1v) is 5.85. The molecule has 88 valence electrons. The second-order valence-electron chi connectivity index (χ2n) is 3.52. The summed E-state index contributed by atoms with van der Waals surface area (Å²) in [6.45, 7) is 0. The molecule has 1 atom stereocenters. The topological polar surface area (TPSA) is 76.3 Å². The summed E-state index contributed by atoms with van der Waals surface area (Å²) in [5.74, 6) is 0. The van der Waals surface area contributed by atoms with Crippen LogP contribution in [0.2, 0.25) is 0 Å². The fourth-order valence-electron chi connectivity index (χ4n) is 1.51. The summed E-state index contributed by atoms with van der Waals surface area (Å²) in [5.41, 5.74) is 0.760. The molecule has 0 unspecified atom stereocenters. The van der Waals surface area contributed by atoms with Gasteiger partial charge in [0.1, 0.15) is 11.1 Å². The molecule has 17 heavy (non-hydrogen) atoms. The van der Waals surface area contributed by atoms with Gasteiger partial charge in [0.15, 0.2) is 0 Å². The van der Waals surface area contributed by atoms with E-state index in [0.717, 1.165) is 5.56 Å². The monoisotopic (exact) mass is 250 g/mol. The number of hydrogen-bond acceptors (Lipinski definition) is 5. The van der Waals surface area contributed by atoms with Gasteiger partial charge in [0.05, 0.1) is 4.92 Å². The first-order chi connectivity index (χ1) is 8.16. The summed E-state index contributed by atoms with van der Waals surface area (Å²) in [7, 11) is 0. The van der Waals surface area contributed by atoms with E-state index in [0.29, 0.717) is 11.4 Å². The molecule has 5 nitrogen and oxygen atoms in total. The maximum atomic E-state index is 10.6. The average molecular weight is 250 g/mol. The Balaban J connectivity index is 2.13. The highest BCUT2D eigenvalue weighted by Crippen LogP contribution is 2.22. The molecule has 0 spiro atoms. The van der Waals surface area contributed by atoms with E-state index in [4.69, 9.17) is 0 Å². The maximum Gasteiger partial charge on any atom is 0.269 e. The van der Waals surface area contributed by atoms with Crippen LogP contribution in [0.4, 0.5) is 5.69 Å². The third-order valence-corrected chi connectivity index (χ3v) is 3.16. The molecule has 1 N–H and O–H groups in total. The van der Waals surface area contributed by atoms with Gasteiger partial charge >= 0.3 is 0 Å². The molecule has 0 saturated heterocycles. The number of non-ortho nitro benzene ring substituents is 1. The Morgan fingerprint density at radius 3 is 3.00 bits per heavy atom. The molecule has 0 aliphatic rings. The first-order valence-electron chi connectivity index (χ1n) is 4.97. The van der Waals surface area contributed by atoms with Crippen molar-refractivity contribution in [3.05, 3.63) is 56.5 Å². The Labute approximate surface area is 102 Å². The summed E-state index contributed by atoms with van der Waals surface area (Å²) in [4.78, 5) is 14.2. The molecule has 0 amide bonds. The van der Waals surface area contributed by atoms with Crippen molar-refractivity contribution in [1.29, 1.82) is 0 Å². The number of aliphatic hydroxyl groups is 1. The third kappa shape index (κ3) is 2.86. The highest BCUT2D eigenvalue weighted by Gasteiger charge is 2.13. The van der Waals surface area contributed by atoms with Crippen molar-refractivity contribution in [2.75, 3.05) is 0 Å². The SMILES string of the molecule is O=[N+]([O-])c1cccc(C[C@@H](O)c2nccs2)c1. The van der Waals surface area contributed by atoms with E-state index in [1.165, 1.54) is 23.5 Å². The smallest absolute Gasteiger partial charge is 0.269 e. The number of nitro groups is 1. The molecule has 0 aliphatic carbocycles. The van der Waals surface area contributed by atoms with E-state index in [1.54, 1.807) is 23.7 Å². The molecule has 0 saturated carbocycles. The van der Waals surface area contributed by atoms with Crippen LogP contribution in [0.3, 0.4) is 0 Å². The Hall–Kier alpha value is -1.79. The molecule has 1 aromatic heterocycles. The van der Waals surface area contributed by atoms with Gasteiger partial charge in [0.2, 0.25) is 0 Å². The number of rotatable bonds is 4. The Morgan fingerprint density at radius 1 is 1.53 bits per heavy atom. The number of thiazole rings is 1. The minimum absolute atomic E-state index is 0.0360. The van der Waals surface area contributed by atoms with Crippen LogP contribution < -0.4 is 0 Å². The number of nitro benzene ring substituents is 1. The van der Waals surface area contributed by atoms with E-state index in [2.05, 4.69) is 4.98 Å². The van der Waals surface area contributed by atoms with Crippen LogP contribution in [0.25, 0.3) is 0 Å². The lowest BCUT2D eigenvalue weighted by atomic mass is 10.1. The predicted molar refractivity (Wildman–Crippen MR) is 63.9 cm³/mol. The molecule has 0 radical (unpaired) electrons. The second kappa shape index (κ2) is 5.03. The van der Waals surface area contributed by atoms with Gasteiger partial charge in [-0.2, -0.15) is 0 Å². The number of aliphatic hydroxyl groups excluding tert-OH is 1. The van der Waals surface area contributed by atoms with E-state index >= 15 is 0 Å². The van der Waals surface area contributed by atoms with Crippen molar-refractivity contribution in [1.82, 2.24) is 4.98 Å². The zero-order chi connectivity index (χ0) is 12.3. The van der Waals surface area contributed by atoms with Crippen LogP contribution in [0.5, 0.6) is 0 Å². The third-order valence-electron chi connectivity index (χ3n) is 2.29. The van der Waals surface area contributed by atoms with Gasteiger partial charge < -0.3 is 5.11 Å². The van der Waals surface area contributed by atoms with Crippen LogP contribution in [-0.4, -0.2) is 15.0 Å². The Morgan fingerprint density at radius 2 is 2.35 bits per heavy atom. The fraction of sp³-hybridized carbons (Fsp3) is 0.182. The van der Waals surface area contributed by atoms with Gasteiger partial charge in [0.25, 0.3) is 5.69 Å². The summed E-state index contributed by atoms with van der Waals surface area (Å²) >= 11 is 1.37. The summed E-state index contributed by atoms with van der Waals surface area (Å²) in [5, 5.41) is 22.9. The van der Waals surface area contributed by atoms with Gasteiger partial charge in [-0.05, 0) is 5.56 Å². The molecule has 1 heterocycles. The Kier molecular flexibility index (Phi) is 3.46. The zero-order valence-electron chi connectivity index (χ0n) is 8.81. The normalized spacial score (nSPS) is 12.3. The van der Waals surface area contributed by atoms with Crippen LogP contribution in [-0.2, 0) is 6.42 Å². The van der Waals surface area contributed by atoms with Crippen molar-refractivity contribution in [3.8, 4) is 0 Å². The first kappa shape index (κ1) is 11.7. The minimum Gasteiger partial charge on any atom is -0.386 e. The maximum absolute atomic E-state index is 10.6. The lowest BCUT2D eigenvalue weighted by Gasteiger charge is -2.06. The second-order valence-corrected chi connectivity index (χ2v) is 4.44. The van der Waals surface area contributed by atoms with Gasteiger partial charge in [-0.25, -0.2) is 4.98 Å². The zero-order valence-corrected chi connectivity index (χ0v) is 9.63. The van der Waals surface area contributed by atoms with Crippen molar-refractivity contribution >= 4 is 17.0 Å². The van der Waals surface area contributed by atoms with Gasteiger partial charge in [-0.15, -0.1) is 11.3 Å². The molecule has 0 aliphatic heterocycles. The molecule has 2 aromatic rings. The lowest BCUT2D eigenvalue weighted by molar-refractivity contribution is -0.384. The lowest BCUT2D eigenvalue weighted by Crippen LogP contribution is -2.01. The van der Waals surface area contributed by atoms with Crippen molar-refractivity contribution in [2.24, 2.45) is 0 Å². The number of aromatic nitrogens is 1. The fourth-order valence-corrected chi connectivity index (χ4v) is 2.13. The van der Waals surface area contributed by atoms with Crippen molar-refractivity contribution in [2.45, 2.75) is 12.5 Å². The number of hydrogen-bond donors (Lipinski definition) is 1. The van der Waals surface area contributed by atoms with E-state index in [9.17, 15) is 15.2 Å². The van der Waals surface area contributed by atoms with Gasteiger partial charge in [0, 0.05) is 30.1 Å². The van der Waals surface area contributed by atoms with Gasteiger partial charge in [-0.3, -0.25) is 10.1 Å². The summed E-state index contributed by atoms with van der Waals surface area (Å²) in [6.07, 6.45) is 1.24. The van der Waals surface area contributed by atoms with Crippen molar-refractivity contribution in [3.63, 3.8) is 0 Å². The van der Waals surface area contributed by atoms with Gasteiger partial charge in [-0.1, -0.05) is 12.1 Å². The van der Waals surface area contributed by atoms with E-state index in [1.807, 2.05) is 0 Å². The molecule has 0 fully saturated rings. The highest BCUT2D eigenvalue weighted by atomic mass is 32.1. The number of nitrogens with zero attached hydrogens (tertiary/aromatic N) is 2. The van der Waals surface area contributed by atoms with Crippen LogP contribution in [0.15, 0.2) is 35.8 Å². The minimum atomic E-state index is -0.711. The van der Waals surface area contributed by atoms with E-state index < -0.39 is 11.0 Å². The Bertz CT molecular complexity index is 513. The van der Waals surface area contributed by atoms with Crippen molar-refractivity contribution < 1.29 is 10.0 Å². The molecule has 6 heteroatoms. The number of benzene rings is 1. The standard InChI is InChI=1S/C11H10N2O3S/c14-10(11-12-4-5-17-11)7-8-2-1-3-9(6-8)13(15)16/h1-6,10,14H,7H2/t10-/m1/s1. The van der Waals surface area contributed by atoms with Crippen LogP contribution in [0.1, 0.15) is 16.7 Å². The van der Waals surface area contributed by atoms with Crippen LogP contribution >= 0.6 is 11.3 Å². The van der Waals surface area contributed by atoms with E-state index in [-0.39, 0.29) is 5.69 Å². The molecule has 1 aromatic carbocycles. The predicted octanol–water partition coefficient (Wildman–Crippen LogP) is 2.33. The summed E-state index contributed by atoms with van der Waals surface area (Å²) < 4.78 is 0. The summed E-state index contributed by atoms with van der Waals surface area (Å²) in [6, 6.07) is 6.27. The highest BCUT2D eigenvalue weighted by molar-refractivity contribution is 7.09. The molecular weight excluding hydrogens is 240 g/mol. The largest absolute Gasteiger partial charge is 0.386 e. The molecule has 2 rings (SSSR count). The molecular formula is C11H10N2O3S. The molecule has 0 bridgehead atoms. The quantitative estimate of drug-likeness (QED) is 0.667.